The van der Waals surface area contributed by atoms with E-state index in [2.05, 4.69) is 23.9 Å². The number of benzene rings is 1. The van der Waals surface area contributed by atoms with Gasteiger partial charge in [-0.1, -0.05) is 25.4 Å². The van der Waals surface area contributed by atoms with E-state index in [1.807, 2.05) is 13.0 Å². The largest absolute Gasteiger partial charge is 0.493 e. The van der Waals surface area contributed by atoms with Gasteiger partial charge in [-0.25, -0.2) is 9.66 Å². The van der Waals surface area contributed by atoms with Crippen molar-refractivity contribution in [2.75, 3.05) is 12.3 Å². The molecule has 0 spiro atoms. The summed E-state index contributed by atoms with van der Waals surface area (Å²) in [5.41, 5.74) is 7.36. The van der Waals surface area contributed by atoms with E-state index >= 15 is 0 Å². The molecule has 21 heavy (non-hydrogen) atoms. The summed E-state index contributed by atoms with van der Waals surface area (Å²) in [5.74, 6) is 1.53. The highest BCUT2D eigenvalue weighted by atomic mass is 35.5. The first-order valence-electron chi connectivity index (χ1n) is 6.74. The number of nitrogen functional groups attached to an aromatic ring is 1. The zero-order valence-corrected chi connectivity index (χ0v) is 13.1. The number of rotatable bonds is 5. The molecule has 112 valence electrons. The van der Waals surface area contributed by atoms with Gasteiger partial charge in [0.1, 0.15) is 5.75 Å². The molecule has 2 aromatic rings. The molecule has 1 heterocycles. The van der Waals surface area contributed by atoms with Crippen molar-refractivity contribution >= 4 is 23.8 Å². The molecule has 0 radical (unpaired) electrons. The smallest absolute Gasteiger partial charge is 0.221 e. The first-order valence-corrected chi connectivity index (χ1v) is 7.11. The number of aryl methyl sites for hydroxylation is 1. The number of imidazole rings is 1. The monoisotopic (exact) mass is 306 g/mol. The number of ether oxygens (including phenoxy) is 1. The van der Waals surface area contributed by atoms with Crippen LogP contribution >= 0.6 is 11.6 Å². The van der Waals surface area contributed by atoms with Crippen LogP contribution in [0.25, 0.3) is 0 Å². The van der Waals surface area contributed by atoms with Gasteiger partial charge in [0.2, 0.25) is 5.95 Å². The van der Waals surface area contributed by atoms with Crippen LogP contribution in [0.2, 0.25) is 5.02 Å². The second kappa shape index (κ2) is 6.63. The van der Waals surface area contributed by atoms with Crippen molar-refractivity contribution in [3.63, 3.8) is 0 Å². The molecule has 2 N–H and O–H groups in total. The summed E-state index contributed by atoms with van der Waals surface area (Å²) in [6.45, 7) is 6.69. The van der Waals surface area contributed by atoms with Gasteiger partial charge in [-0.2, -0.15) is 5.10 Å². The molecular formula is C15H19ClN4O. The first-order chi connectivity index (χ1) is 9.95. The Hall–Kier alpha value is -2.01. The van der Waals surface area contributed by atoms with Crippen LogP contribution in [0.15, 0.2) is 29.5 Å². The van der Waals surface area contributed by atoms with E-state index < -0.39 is 0 Å². The molecule has 0 aliphatic rings. The van der Waals surface area contributed by atoms with Crippen LogP contribution < -0.4 is 10.5 Å². The summed E-state index contributed by atoms with van der Waals surface area (Å²) < 4.78 is 7.29. The predicted octanol–water partition coefficient (Wildman–Crippen LogP) is 3.34. The highest BCUT2D eigenvalue weighted by molar-refractivity contribution is 6.30. The number of nitrogens with zero attached hydrogens (tertiary/aromatic N) is 3. The number of hydrogen-bond donors (Lipinski definition) is 1. The minimum atomic E-state index is 0.343. The maximum atomic E-state index is 6.04. The van der Waals surface area contributed by atoms with Crippen molar-refractivity contribution in [3.8, 4) is 5.75 Å². The third kappa shape index (κ3) is 4.23. The standard InChI is InChI=1S/C15H19ClN4O/c1-10(2)9-21-14-5-4-13(16)6-12(14)7-18-20-8-11(3)19-15(20)17/h4-8,10H,9H2,1-3H3,(H2,17,19). The Labute approximate surface area is 129 Å². The topological polar surface area (TPSA) is 65.4 Å². The highest BCUT2D eigenvalue weighted by Gasteiger charge is 2.05. The molecule has 0 unspecified atom stereocenters. The summed E-state index contributed by atoms with van der Waals surface area (Å²) in [5, 5.41) is 4.92. The van der Waals surface area contributed by atoms with Crippen LogP contribution in [-0.2, 0) is 0 Å². The summed E-state index contributed by atoms with van der Waals surface area (Å²) in [4.78, 5) is 4.09. The lowest BCUT2D eigenvalue weighted by atomic mass is 10.2. The molecule has 0 aliphatic heterocycles. The molecule has 1 aromatic carbocycles. The van der Waals surface area contributed by atoms with Crippen molar-refractivity contribution in [1.82, 2.24) is 9.66 Å². The van der Waals surface area contributed by atoms with Gasteiger partial charge in [-0.15, -0.1) is 0 Å². The van der Waals surface area contributed by atoms with Crippen molar-refractivity contribution in [2.45, 2.75) is 20.8 Å². The number of hydrogen-bond acceptors (Lipinski definition) is 4. The number of aromatic nitrogens is 2. The third-order valence-corrected chi connectivity index (χ3v) is 2.94. The van der Waals surface area contributed by atoms with Gasteiger partial charge in [-0.3, -0.25) is 0 Å². The van der Waals surface area contributed by atoms with E-state index in [9.17, 15) is 0 Å². The van der Waals surface area contributed by atoms with Gasteiger partial charge in [0, 0.05) is 10.6 Å². The number of anilines is 1. The quantitative estimate of drug-likeness (QED) is 0.862. The Balaban J connectivity index is 2.25. The van der Waals surface area contributed by atoms with E-state index in [-0.39, 0.29) is 0 Å². The summed E-state index contributed by atoms with van der Waals surface area (Å²) in [7, 11) is 0. The van der Waals surface area contributed by atoms with Gasteiger partial charge in [0.25, 0.3) is 0 Å². The van der Waals surface area contributed by atoms with Crippen molar-refractivity contribution in [1.29, 1.82) is 0 Å². The van der Waals surface area contributed by atoms with Crippen molar-refractivity contribution in [2.24, 2.45) is 11.0 Å². The van der Waals surface area contributed by atoms with Crippen LogP contribution in [0.3, 0.4) is 0 Å². The zero-order chi connectivity index (χ0) is 15.4. The van der Waals surface area contributed by atoms with E-state index in [1.54, 1.807) is 24.5 Å². The fourth-order valence-corrected chi connectivity index (χ4v) is 1.91. The molecule has 0 amide bonds. The second-order valence-electron chi connectivity index (χ2n) is 5.22. The molecule has 1 aromatic heterocycles. The average molecular weight is 307 g/mol. The normalized spacial score (nSPS) is 11.5. The van der Waals surface area contributed by atoms with Gasteiger partial charge in [0.05, 0.1) is 24.7 Å². The maximum Gasteiger partial charge on any atom is 0.221 e. The second-order valence-corrected chi connectivity index (χ2v) is 5.65. The van der Waals surface area contributed by atoms with Gasteiger partial charge >= 0.3 is 0 Å². The van der Waals surface area contributed by atoms with Crippen LogP contribution in [0.5, 0.6) is 5.75 Å². The fourth-order valence-electron chi connectivity index (χ4n) is 1.73. The van der Waals surface area contributed by atoms with E-state index in [0.717, 1.165) is 17.0 Å². The van der Waals surface area contributed by atoms with E-state index in [4.69, 9.17) is 22.1 Å². The molecular weight excluding hydrogens is 288 g/mol. The van der Waals surface area contributed by atoms with E-state index in [0.29, 0.717) is 23.5 Å². The Bertz CT molecular complexity index is 649. The Morgan fingerprint density at radius 3 is 2.86 bits per heavy atom. The fraction of sp³-hybridized carbons (Fsp3) is 0.333. The van der Waals surface area contributed by atoms with E-state index in [1.165, 1.54) is 4.68 Å². The van der Waals surface area contributed by atoms with Crippen molar-refractivity contribution in [3.05, 3.63) is 40.7 Å². The molecule has 6 heteroatoms. The molecule has 0 aliphatic carbocycles. The van der Waals surface area contributed by atoms with Crippen molar-refractivity contribution < 1.29 is 4.74 Å². The number of halogens is 1. The lowest BCUT2D eigenvalue weighted by Crippen LogP contribution is -2.06. The molecule has 2 rings (SSSR count). The van der Waals surface area contributed by atoms with Crippen LogP contribution in [0.4, 0.5) is 5.95 Å². The molecule has 5 nitrogen and oxygen atoms in total. The average Bonchev–Trinajstić information content (AvgIpc) is 2.73. The van der Waals surface area contributed by atoms with Gasteiger partial charge in [-0.05, 0) is 31.0 Å². The van der Waals surface area contributed by atoms with Gasteiger partial charge < -0.3 is 10.5 Å². The van der Waals surface area contributed by atoms with Crippen LogP contribution in [0.1, 0.15) is 25.1 Å². The van der Waals surface area contributed by atoms with Crippen LogP contribution in [-0.4, -0.2) is 22.5 Å². The third-order valence-electron chi connectivity index (χ3n) is 2.70. The Kier molecular flexibility index (Phi) is 4.85. The minimum Gasteiger partial charge on any atom is -0.493 e. The minimum absolute atomic E-state index is 0.343. The summed E-state index contributed by atoms with van der Waals surface area (Å²) in [6.07, 6.45) is 3.42. The lowest BCUT2D eigenvalue weighted by Gasteiger charge is -2.11. The molecule has 0 atom stereocenters. The Morgan fingerprint density at radius 1 is 1.48 bits per heavy atom. The van der Waals surface area contributed by atoms with Gasteiger partial charge in [0.15, 0.2) is 0 Å². The SMILES string of the molecule is Cc1cn(N=Cc2cc(Cl)ccc2OCC(C)C)c(N)n1. The molecule has 0 saturated carbocycles. The number of nitrogens with two attached hydrogens (primary N) is 1. The molecule has 0 bridgehead atoms. The predicted molar refractivity (Wildman–Crippen MR) is 86.2 cm³/mol. The van der Waals surface area contributed by atoms with Crippen LogP contribution in [0, 0.1) is 12.8 Å². The highest BCUT2D eigenvalue weighted by Crippen LogP contribution is 2.22. The molecule has 0 fully saturated rings. The first kappa shape index (κ1) is 15.4. The zero-order valence-electron chi connectivity index (χ0n) is 12.4. The Morgan fingerprint density at radius 2 is 2.24 bits per heavy atom. The lowest BCUT2D eigenvalue weighted by molar-refractivity contribution is 0.270. The summed E-state index contributed by atoms with van der Waals surface area (Å²) in [6, 6.07) is 5.44. The maximum absolute atomic E-state index is 6.04. The molecule has 0 saturated heterocycles. The summed E-state index contributed by atoms with van der Waals surface area (Å²) >= 11 is 6.04.